The van der Waals surface area contributed by atoms with Gasteiger partial charge >= 0.3 is 6.09 Å². The van der Waals surface area contributed by atoms with Gasteiger partial charge in [-0.1, -0.05) is 24.3 Å². The predicted molar refractivity (Wildman–Crippen MR) is 92.5 cm³/mol. The maximum Gasteiger partial charge on any atom is 0.407 e. The summed E-state index contributed by atoms with van der Waals surface area (Å²) in [6.07, 6.45) is 1.28. The molecule has 0 aliphatic rings. The molecule has 0 fully saturated rings. The van der Waals surface area contributed by atoms with Crippen molar-refractivity contribution < 1.29 is 19.4 Å². The summed E-state index contributed by atoms with van der Waals surface area (Å²) < 4.78 is 5.12. The summed E-state index contributed by atoms with van der Waals surface area (Å²) in [7, 11) is 0. The van der Waals surface area contributed by atoms with Gasteiger partial charge in [-0.2, -0.15) is 0 Å². The largest absolute Gasteiger partial charge is 0.444 e. The van der Waals surface area contributed by atoms with Gasteiger partial charge in [0.1, 0.15) is 5.60 Å². The van der Waals surface area contributed by atoms with Crippen LogP contribution in [0, 0.1) is 0 Å². The number of aliphatic hydroxyl groups excluding tert-OH is 1. The second kappa shape index (κ2) is 9.93. The number of ether oxygens (including phenoxy) is 1. The zero-order chi connectivity index (χ0) is 18.0. The Hall–Kier alpha value is -2.08. The minimum absolute atomic E-state index is 0.0153. The van der Waals surface area contributed by atoms with E-state index >= 15 is 0 Å². The lowest BCUT2D eigenvalue weighted by Crippen LogP contribution is -2.34. The summed E-state index contributed by atoms with van der Waals surface area (Å²) in [5, 5.41) is 14.5. The summed E-state index contributed by atoms with van der Waals surface area (Å²) in [5.74, 6) is -0.0153. The van der Waals surface area contributed by atoms with Crippen molar-refractivity contribution >= 4 is 12.0 Å². The summed E-state index contributed by atoms with van der Waals surface area (Å²) >= 11 is 0. The first-order chi connectivity index (χ1) is 11.3. The number of hydrogen-bond acceptors (Lipinski definition) is 4. The number of aryl methyl sites for hydroxylation is 1. The average Bonchev–Trinajstić information content (AvgIpc) is 2.51. The molecule has 2 amide bonds. The van der Waals surface area contributed by atoms with Crippen LogP contribution in [0.4, 0.5) is 4.79 Å². The van der Waals surface area contributed by atoms with Gasteiger partial charge < -0.3 is 20.5 Å². The molecule has 0 aromatic heterocycles. The van der Waals surface area contributed by atoms with Crippen LogP contribution in [0.3, 0.4) is 0 Å². The third-order valence-electron chi connectivity index (χ3n) is 3.19. The van der Waals surface area contributed by atoms with Crippen LogP contribution in [0.25, 0.3) is 0 Å². The van der Waals surface area contributed by atoms with Gasteiger partial charge in [0.25, 0.3) is 0 Å². The molecular weight excluding hydrogens is 308 g/mol. The van der Waals surface area contributed by atoms with E-state index in [1.54, 1.807) is 0 Å². The number of amides is 2. The summed E-state index contributed by atoms with van der Waals surface area (Å²) in [4.78, 5) is 23.2. The van der Waals surface area contributed by atoms with Gasteiger partial charge in [0, 0.05) is 19.5 Å². The second-order valence-electron chi connectivity index (χ2n) is 6.61. The molecule has 134 valence electrons. The highest BCUT2D eigenvalue weighted by Gasteiger charge is 2.15. The lowest BCUT2D eigenvalue weighted by atomic mass is 10.1. The normalized spacial score (nSPS) is 11.0. The van der Waals surface area contributed by atoms with Crippen molar-refractivity contribution in [3.05, 3.63) is 35.4 Å². The Morgan fingerprint density at radius 2 is 1.62 bits per heavy atom. The first-order valence-electron chi connectivity index (χ1n) is 8.22. The van der Waals surface area contributed by atoms with Crippen LogP contribution in [0.5, 0.6) is 0 Å². The molecule has 0 heterocycles. The molecule has 0 unspecified atom stereocenters. The molecule has 1 rings (SSSR count). The maximum atomic E-state index is 11.8. The highest BCUT2D eigenvalue weighted by atomic mass is 16.6. The molecule has 1 aromatic rings. The Morgan fingerprint density at radius 1 is 1.04 bits per heavy atom. The molecule has 0 saturated carbocycles. The number of benzene rings is 1. The van der Waals surface area contributed by atoms with Crippen LogP contribution in [0.2, 0.25) is 0 Å². The van der Waals surface area contributed by atoms with Crippen molar-refractivity contribution in [2.24, 2.45) is 0 Å². The van der Waals surface area contributed by atoms with E-state index in [1.165, 1.54) is 0 Å². The Balaban J connectivity index is 2.10. The van der Waals surface area contributed by atoms with Gasteiger partial charge in [-0.3, -0.25) is 4.79 Å². The molecule has 24 heavy (non-hydrogen) atoms. The molecule has 1 aromatic carbocycles. The zero-order valence-electron chi connectivity index (χ0n) is 14.7. The first-order valence-corrected chi connectivity index (χ1v) is 8.22. The van der Waals surface area contributed by atoms with Gasteiger partial charge in [-0.15, -0.1) is 0 Å². The monoisotopic (exact) mass is 336 g/mol. The standard InChI is InChI=1S/C18H28N2O4/c1-18(2,3)24-17(23)20-12-4-11-19-16(22)10-9-14-5-7-15(13-21)8-6-14/h5-8,21H,4,9-13H2,1-3H3,(H,19,22)(H,20,23). The molecule has 6 heteroatoms. The predicted octanol–water partition coefficient (Wildman–Crippen LogP) is 2.14. The number of aliphatic hydroxyl groups is 1. The van der Waals surface area contributed by atoms with Crippen molar-refractivity contribution in [2.45, 2.75) is 52.2 Å². The van der Waals surface area contributed by atoms with Crippen LogP contribution in [-0.2, 0) is 22.6 Å². The van der Waals surface area contributed by atoms with Crippen molar-refractivity contribution in [3.63, 3.8) is 0 Å². The van der Waals surface area contributed by atoms with E-state index in [-0.39, 0.29) is 12.5 Å². The summed E-state index contributed by atoms with van der Waals surface area (Å²) in [6.45, 7) is 6.42. The fraction of sp³-hybridized carbons (Fsp3) is 0.556. The lowest BCUT2D eigenvalue weighted by molar-refractivity contribution is -0.121. The topological polar surface area (TPSA) is 87.7 Å². The molecular formula is C18H28N2O4. The molecule has 0 saturated heterocycles. The van der Waals surface area contributed by atoms with Crippen molar-refractivity contribution in [1.82, 2.24) is 10.6 Å². The Bertz CT molecular complexity index is 521. The van der Waals surface area contributed by atoms with Crippen molar-refractivity contribution in [2.75, 3.05) is 13.1 Å². The number of carbonyl (C=O) groups excluding carboxylic acids is 2. The summed E-state index contributed by atoms with van der Waals surface area (Å²) in [5.41, 5.74) is 1.42. The molecule has 0 atom stereocenters. The molecule has 6 nitrogen and oxygen atoms in total. The van der Waals surface area contributed by atoms with E-state index in [4.69, 9.17) is 9.84 Å². The van der Waals surface area contributed by atoms with Crippen LogP contribution < -0.4 is 10.6 Å². The van der Waals surface area contributed by atoms with Gasteiger partial charge in [0.15, 0.2) is 0 Å². The minimum Gasteiger partial charge on any atom is -0.444 e. The quantitative estimate of drug-likeness (QED) is 0.635. The van der Waals surface area contributed by atoms with Crippen LogP contribution in [0.15, 0.2) is 24.3 Å². The van der Waals surface area contributed by atoms with Gasteiger partial charge in [-0.05, 0) is 44.7 Å². The Labute approximate surface area is 143 Å². The summed E-state index contributed by atoms with van der Waals surface area (Å²) in [6, 6.07) is 7.55. The molecule has 3 N–H and O–H groups in total. The second-order valence-corrected chi connectivity index (χ2v) is 6.61. The Morgan fingerprint density at radius 3 is 2.21 bits per heavy atom. The smallest absolute Gasteiger partial charge is 0.407 e. The van der Waals surface area contributed by atoms with Crippen molar-refractivity contribution in [3.8, 4) is 0 Å². The van der Waals surface area contributed by atoms with E-state index in [2.05, 4.69) is 10.6 Å². The SMILES string of the molecule is CC(C)(C)OC(=O)NCCCNC(=O)CCc1ccc(CO)cc1. The highest BCUT2D eigenvalue weighted by Crippen LogP contribution is 2.07. The van der Waals surface area contributed by atoms with E-state index in [9.17, 15) is 9.59 Å². The van der Waals surface area contributed by atoms with E-state index < -0.39 is 11.7 Å². The number of hydrogen-bond donors (Lipinski definition) is 3. The number of alkyl carbamates (subject to hydrolysis) is 1. The molecule has 0 radical (unpaired) electrons. The number of rotatable bonds is 8. The molecule has 0 aliphatic carbocycles. The van der Waals surface area contributed by atoms with E-state index in [0.29, 0.717) is 32.4 Å². The molecule has 0 aliphatic heterocycles. The first kappa shape index (κ1) is 20.0. The van der Waals surface area contributed by atoms with Crippen LogP contribution in [-0.4, -0.2) is 35.8 Å². The van der Waals surface area contributed by atoms with Crippen LogP contribution >= 0.6 is 0 Å². The fourth-order valence-corrected chi connectivity index (χ4v) is 1.98. The van der Waals surface area contributed by atoms with Gasteiger partial charge in [0.05, 0.1) is 6.61 Å². The highest BCUT2D eigenvalue weighted by molar-refractivity contribution is 5.76. The van der Waals surface area contributed by atoms with E-state index in [0.717, 1.165) is 11.1 Å². The zero-order valence-corrected chi connectivity index (χ0v) is 14.7. The maximum absolute atomic E-state index is 11.8. The number of carbonyl (C=O) groups is 2. The third kappa shape index (κ3) is 9.15. The fourth-order valence-electron chi connectivity index (χ4n) is 1.98. The lowest BCUT2D eigenvalue weighted by Gasteiger charge is -2.19. The van der Waals surface area contributed by atoms with Gasteiger partial charge in [-0.25, -0.2) is 4.79 Å². The van der Waals surface area contributed by atoms with Gasteiger partial charge in [0.2, 0.25) is 5.91 Å². The third-order valence-corrected chi connectivity index (χ3v) is 3.19. The Kier molecular flexibility index (Phi) is 8.26. The molecule has 0 spiro atoms. The van der Waals surface area contributed by atoms with Crippen molar-refractivity contribution in [1.29, 1.82) is 0 Å². The average molecular weight is 336 g/mol. The minimum atomic E-state index is -0.506. The number of nitrogens with one attached hydrogen (secondary N) is 2. The van der Waals surface area contributed by atoms with Crippen LogP contribution in [0.1, 0.15) is 44.7 Å². The van der Waals surface area contributed by atoms with E-state index in [1.807, 2.05) is 45.0 Å². The molecule has 0 bridgehead atoms.